The van der Waals surface area contributed by atoms with Gasteiger partial charge in [-0.1, -0.05) is 55.8 Å². The van der Waals surface area contributed by atoms with Gasteiger partial charge in [0, 0.05) is 17.7 Å². The van der Waals surface area contributed by atoms with Crippen LogP contribution in [0.5, 0.6) is 0 Å². The Labute approximate surface area is 118 Å². The third-order valence-electron chi connectivity index (χ3n) is 3.56. The van der Waals surface area contributed by atoms with Gasteiger partial charge in [-0.3, -0.25) is 0 Å². The van der Waals surface area contributed by atoms with Crippen molar-refractivity contribution in [1.82, 2.24) is 9.97 Å². The van der Waals surface area contributed by atoms with Crippen molar-refractivity contribution in [3.63, 3.8) is 0 Å². The van der Waals surface area contributed by atoms with Crippen LogP contribution in [0.25, 0.3) is 11.4 Å². The van der Waals surface area contributed by atoms with Gasteiger partial charge in [-0.2, -0.15) is 0 Å². The van der Waals surface area contributed by atoms with Crippen LogP contribution in [0.1, 0.15) is 20.3 Å². The number of halogens is 1. The summed E-state index contributed by atoms with van der Waals surface area (Å²) in [6, 6.07) is 12.1. The smallest absolute Gasteiger partial charge is 0.163 e. The summed E-state index contributed by atoms with van der Waals surface area (Å²) in [7, 11) is 0. The lowest BCUT2D eigenvalue weighted by Gasteiger charge is -2.09. The Hall–Kier alpha value is -1.61. The highest BCUT2D eigenvalue weighted by atomic mass is 35.5. The molecule has 1 aromatic heterocycles. The molecule has 0 aliphatic heterocycles. The maximum absolute atomic E-state index is 6.08. The second-order valence-electron chi connectivity index (χ2n) is 5.66. The molecule has 1 fully saturated rings. The lowest BCUT2D eigenvalue weighted by atomic mass is 10.2. The zero-order valence-electron chi connectivity index (χ0n) is 11.0. The molecule has 0 spiro atoms. The van der Waals surface area contributed by atoms with Gasteiger partial charge < -0.3 is 5.32 Å². The fourth-order valence-corrected chi connectivity index (χ4v) is 2.28. The molecule has 1 aliphatic carbocycles. The molecule has 4 heteroatoms. The Bertz CT molecular complexity index is 596. The van der Waals surface area contributed by atoms with Gasteiger partial charge in [-0.25, -0.2) is 9.97 Å². The Morgan fingerprint density at radius 1 is 1.21 bits per heavy atom. The van der Waals surface area contributed by atoms with Gasteiger partial charge in [0.05, 0.1) is 0 Å². The number of rotatable bonds is 3. The summed E-state index contributed by atoms with van der Waals surface area (Å²) in [6.07, 6.45) is 1.16. The van der Waals surface area contributed by atoms with Gasteiger partial charge in [0.1, 0.15) is 11.0 Å². The van der Waals surface area contributed by atoms with E-state index in [2.05, 4.69) is 29.1 Å². The molecule has 2 aromatic rings. The van der Waals surface area contributed by atoms with Crippen molar-refractivity contribution in [3.8, 4) is 11.4 Å². The number of hydrogen-bond acceptors (Lipinski definition) is 3. The molecule has 1 heterocycles. The van der Waals surface area contributed by atoms with E-state index in [1.807, 2.05) is 30.3 Å². The first kappa shape index (κ1) is 12.4. The zero-order chi connectivity index (χ0) is 13.5. The Morgan fingerprint density at radius 2 is 1.89 bits per heavy atom. The van der Waals surface area contributed by atoms with Crippen molar-refractivity contribution >= 4 is 17.4 Å². The lowest BCUT2D eigenvalue weighted by molar-refractivity contribution is 0.630. The summed E-state index contributed by atoms with van der Waals surface area (Å²) in [6.45, 7) is 4.48. The van der Waals surface area contributed by atoms with E-state index in [1.165, 1.54) is 0 Å². The fourth-order valence-electron chi connectivity index (χ4n) is 2.10. The summed E-state index contributed by atoms with van der Waals surface area (Å²) in [5.74, 6) is 1.46. The minimum absolute atomic E-state index is 0.352. The van der Waals surface area contributed by atoms with Crippen LogP contribution in [0.4, 0.5) is 5.82 Å². The van der Waals surface area contributed by atoms with Crippen LogP contribution in [-0.4, -0.2) is 16.0 Å². The zero-order valence-corrected chi connectivity index (χ0v) is 11.8. The lowest BCUT2D eigenvalue weighted by Crippen LogP contribution is -2.10. The number of hydrogen-bond donors (Lipinski definition) is 1. The third kappa shape index (κ3) is 2.71. The molecule has 1 aromatic carbocycles. The molecule has 3 nitrogen and oxygen atoms in total. The first-order chi connectivity index (χ1) is 9.04. The number of nitrogens with zero attached hydrogens (tertiary/aromatic N) is 2. The fraction of sp³-hybridized carbons (Fsp3) is 0.333. The SMILES string of the molecule is CC1(C)CC1Nc1cc(Cl)nc(-c2ccccc2)n1. The van der Waals surface area contributed by atoms with Crippen LogP contribution in [0.3, 0.4) is 0 Å². The summed E-state index contributed by atoms with van der Waals surface area (Å²) in [4.78, 5) is 8.83. The standard InChI is InChI=1S/C15H16ClN3/c1-15(2)9-11(15)17-13-8-12(16)18-14(19-13)10-6-4-3-5-7-10/h3-8,11H,9H2,1-2H3,(H,17,18,19). The van der Waals surface area contributed by atoms with E-state index in [4.69, 9.17) is 11.6 Å². The van der Waals surface area contributed by atoms with E-state index >= 15 is 0 Å². The van der Waals surface area contributed by atoms with Crippen LogP contribution >= 0.6 is 11.6 Å². The number of anilines is 1. The van der Waals surface area contributed by atoms with Crippen LogP contribution in [-0.2, 0) is 0 Å². The molecule has 0 saturated heterocycles. The number of aromatic nitrogens is 2. The summed E-state index contributed by atoms with van der Waals surface area (Å²) in [5, 5.41) is 3.89. The van der Waals surface area contributed by atoms with Crippen molar-refractivity contribution in [2.24, 2.45) is 5.41 Å². The minimum atomic E-state index is 0.352. The molecule has 1 aliphatic rings. The molecule has 98 valence electrons. The molecule has 1 saturated carbocycles. The van der Waals surface area contributed by atoms with Crippen LogP contribution in [0.2, 0.25) is 5.15 Å². The molecular weight excluding hydrogens is 258 g/mol. The van der Waals surface area contributed by atoms with Gasteiger partial charge in [-0.05, 0) is 11.8 Å². The Morgan fingerprint density at radius 3 is 2.53 bits per heavy atom. The second kappa shape index (κ2) is 4.49. The van der Waals surface area contributed by atoms with Gasteiger partial charge in [0.25, 0.3) is 0 Å². The molecule has 19 heavy (non-hydrogen) atoms. The quantitative estimate of drug-likeness (QED) is 0.859. The molecule has 3 rings (SSSR count). The van der Waals surface area contributed by atoms with Gasteiger partial charge in [-0.15, -0.1) is 0 Å². The minimum Gasteiger partial charge on any atom is -0.367 e. The topological polar surface area (TPSA) is 37.8 Å². The molecule has 0 bridgehead atoms. The monoisotopic (exact) mass is 273 g/mol. The van der Waals surface area contributed by atoms with Crippen LogP contribution < -0.4 is 5.32 Å². The summed E-state index contributed by atoms with van der Waals surface area (Å²) >= 11 is 6.08. The van der Waals surface area contributed by atoms with Crippen LogP contribution in [0.15, 0.2) is 36.4 Å². The van der Waals surface area contributed by atoms with Crippen molar-refractivity contribution in [2.45, 2.75) is 26.3 Å². The van der Waals surface area contributed by atoms with Gasteiger partial charge in [0.15, 0.2) is 5.82 Å². The normalized spacial score (nSPS) is 20.1. The van der Waals surface area contributed by atoms with Gasteiger partial charge >= 0.3 is 0 Å². The predicted octanol–water partition coefficient (Wildman–Crippen LogP) is 4.01. The summed E-state index contributed by atoms with van der Waals surface area (Å²) in [5.41, 5.74) is 1.33. The van der Waals surface area contributed by atoms with Crippen molar-refractivity contribution in [3.05, 3.63) is 41.6 Å². The maximum Gasteiger partial charge on any atom is 0.163 e. The van der Waals surface area contributed by atoms with E-state index in [0.717, 1.165) is 17.8 Å². The summed E-state index contributed by atoms with van der Waals surface area (Å²) < 4.78 is 0. The van der Waals surface area contributed by atoms with Gasteiger partial charge in [0.2, 0.25) is 0 Å². The van der Waals surface area contributed by atoms with E-state index in [-0.39, 0.29) is 0 Å². The average molecular weight is 274 g/mol. The maximum atomic E-state index is 6.08. The van der Waals surface area contributed by atoms with E-state index in [1.54, 1.807) is 6.07 Å². The highest BCUT2D eigenvalue weighted by Crippen LogP contribution is 2.46. The highest BCUT2D eigenvalue weighted by Gasteiger charge is 2.45. The highest BCUT2D eigenvalue weighted by molar-refractivity contribution is 6.29. The van der Waals surface area contributed by atoms with Crippen molar-refractivity contribution in [1.29, 1.82) is 0 Å². The average Bonchev–Trinajstić information content (AvgIpc) is 2.97. The molecule has 0 radical (unpaired) electrons. The number of nitrogens with one attached hydrogen (secondary N) is 1. The predicted molar refractivity (Wildman–Crippen MR) is 78.3 cm³/mol. The van der Waals surface area contributed by atoms with E-state index in [0.29, 0.717) is 22.4 Å². The molecule has 1 unspecified atom stereocenters. The first-order valence-electron chi connectivity index (χ1n) is 6.41. The molecule has 0 amide bonds. The largest absolute Gasteiger partial charge is 0.367 e. The number of benzene rings is 1. The van der Waals surface area contributed by atoms with E-state index < -0.39 is 0 Å². The van der Waals surface area contributed by atoms with E-state index in [9.17, 15) is 0 Å². The first-order valence-corrected chi connectivity index (χ1v) is 6.79. The molecule has 1 N–H and O–H groups in total. The molecular formula is C15H16ClN3. The Balaban J connectivity index is 1.89. The van der Waals surface area contributed by atoms with Crippen molar-refractivity contribution < 1.29 is 0 Å². The van der Waals surface area contributed by atoms with Crippen molar-refractivity contribution in [2.75, 3.05) is 5.32 Å². The second-order valence-corrected chi connectivity index (χ2v) is 6.04. The van der Waals surface area contributed by atoms with Crippen LogP contribution in [0, 0.1) is 5.41 Å². The Kier molecular flexibility index (Phi) is 2.94. The molecule has 1 atom stereocenters. The third-order valence-corrected chi connectivity index (χ3v) is 3.76.